The van der Waals surface area contributed by atoms with Gasteiger partial charge in [0.05, 0.1) is 9.92 Å². The number of hydrogen-bond donors (Lipinski definition) is 1. The highest BCUT2D eigenvalue weighted by molar-refractivity contribution is 7.91. The Morgan fingerprint density at radius 3 is 2.14 bits per heavy atom. The van der Waals surface area contributed by atoms with Crippen LogP contribution in [0.15, 0.2) is 52.3 Å². The number of nitrogens with zero attached hydrogens (tertiary/aromatic N) is 1. The first-order valence-corrected chi connectivity index (χ1v) is 13.1. The van der Waals surface area contributed by atoms with E-state index < -0.39 is 19.9 Å². The number of sulfone groups is 1. The average molecular weight is 479 g/mol. The Balaban J connectivity index is 2.39. The molecule has 0 amide bonds. The summed E-state index contributed by atoms with van der Waals surface area (Å²) in [6.45, 7) is 5.40. The summed E-state index contributed by atoms with van der Waals surface area (Å²) in [5.41, 5.74) is 0.802. The topological polar surface area (TPSA) is 83.6 Å². The molecular formula is C19H24Cl2N2O4S2. The summed E-state index contributed by atoms with van der Waals surface area (Å²) >= 11 is 12.4. The third-order valence-electron chi connectivity index (χ3n) is 4.60. The van der Waals surface area contributed by atoms with Crippen molar-refractivity contribution in [1.82, 2.24) is 9.62 Å². The quantitative estimate of drug-likeness (QED) is 0.592. The fourth-order valence-electron chi connectivity index (χ4n) is 3.03. The first-order chi connectivity index (χ1) is 13.5. The second-order valence-electron chi connectivity index (χ2n) is 6.47. The molecule has 0 aliphatic heterocycles. The zero-order valence-corrected chi connectivity index (χ0v) is 19.5. The first-order valence-electron chi connectivity index (χ1n) is 8.99. The van der Waals surface area contributed by atoms with Crippen molar-refractivity contribution in [3.8, 4) is 0 Å². The molecule has 10 heteroatoms. The van der Waals surface area contributed by atoms with Gasteiger partial charge in [-0.3, -0.25) is 4.90 Å². The van der Waals surface area contributed by atoms with Crippen LogP contribution in [0, 0.1) is 0 Å². The summed E-state index contributed by atoms with van der Waals surface area (Å²) in [5.74, 6) is 0. The molecule has 0 saturated carbocycles. The van der Waals surface area contributed by atoms with E-state index in [1.165, 1.54) is 12.1 Å². The zero-order chi connectivity index (χ0) is 21.8. The van der Waals surface area contributed by atoms with Gasteiger partial charge < -0.3 is 0 Å². The minimum absolute atomic E-state index is 0.0488. The summed E-state index contributed by atoms with van der Waals surface area (Å²) in [6, 6.07) is 10.6. The van der Waals surface area contributed by atoms with E-state index in [2.05, 4.69) is 9.62 Å². The van der Waals surface area contributed by atoms with Crippen LogP contribution >= 0.6 is 23.2 Å². The van der Waals surface area contributed by atoms with E-state index in [-0.39, 0.29) is 27.4 Å². The summed E-state index contributed by atoms with van der Waals surface area (Å²) in [5, 5.41) is 0.489. The van der Waals surface area contributed by atoms with Crippen LogP contribution in [0.1, 0.15) is 25.5 Å². The van der Waals surface area contributed by atoms with Crippen LogP contribution < -0.4 is 4.72 Å². The number of hydrogen-bond acceptors (Lipinski definition) is 5. The van der Waals surface area contributed by atoms with E-state index in [9.17, 15) is 16.8 Å². The summed E-state index contributed by atoms with van der Waals surface area (Å²) in [6.07, 6.45) is 1.01. The molecule has 2 aromatic carbocycles. The molecule has 1 atom stereocenters. The fraction of sp³-hybridized carbons (Fsp3) is 0.368. The maximum absolute atomic E-state index is 12.9. The Morgan fingerprint density at radius 2 is 1.59 bits per heavy atom. The lowest BCUT2D eigenvalue weighted by Gasteiger charge is -2.31. The lowest BCUT2D eigenvalue weighted by molar-refractivity contribution is 0.220. The zero-order valence-electron chi connectivity index (χ0n) is 16.4. The monoisotopic (exact) mass is 478 g/mol. The van der Waals surface area contributed by atoms with Gasteiger partial charge in [-0.25, -0.2) is 21.6 Å². The van der Waals surface area contributed by atoms with Crippen molar-refractivity contribution < 1.29 is 16.8 Å². The molecule has 0 bridgehead atoms. The Kier molecular flexibility index (Phi) is 8.12. The van der Waals surface area contributed by atoms with E-state index >= 15 is 0 Å². The molecule has 0 aliphatic rings. The molecule has 1 unspecified atom stereocenters. The molecule has 0 saturated heterocycles. The molecule has 0 radical (unpaired) electrons. The largest absolute Gasteiger partial charge is 0.296 e. The van der Waals surface area contributed by atoms with Gasteiger partial charge in [-0.05, 0) is 42.9 Å². The number of rotatable bonds is 9. The highest BCUT2D eigenvalue weighted by atomic mass is 35.5. The molecule has 0 spiro atoms. The van der Waals surface area contributed by atoms with Gasteiger partial charge in [0.2, 0.25) is 10.0 Å². The maximum Gasteiger partial charge on any atom is 0.242 e. The molecule has 2 aromatic rings. The van der Waals surface area contributed by atoms with Crippen molar-refractivity contribution in [2.45, 2.75) is 29.7 Å². The van der Waals surface area contributed by atoms with Crippen LogP contribution in [0.4, 0.5) is 0 Å². The van der Waals surface area contributed by atoms with Gasteiger partial charge in [0, 0.05) is 23.9 Å². The summed E-state index contributed by atoms with van der Waals surface area (Å²) in [7, 11) is -7.64. The van der Waals surface area contributed by atoms with Gasteiger partial charge in [0.25, 0.3) is 0 Å². The highest BCUT2D eigenvalue weighted by Crippen LogP contribution is 2.29. The summed E-state index contributed by atoms with van der Waals surface area (Å²) < 4.78 is 52.0. The van der Waals surface area contributed by atoms with E-state index in [0.29, 0.717) is 18.1 Å². The van der Waals surface area contributed by atoms with Crippen LogP contribution in [0.3, 0.4) is 0 Å². The van der Waals surface area contributed by atoms with Gasteiger partial charge in [-0.1, -0.05) is 55.2 Å². The predicted octanol–water partition coefficient (Wildman–Crippen LogP) is 3.76. The minimum Gasteiger partial charge on any atom is -0.296 e. The molecular weight excluding hydrogens is 455 g/mol. The second-order valence-corrected chi connectivity index (χ2v) is 11.0. The lowest BCUT2D eigenvalue weighted by atomic mass is 10.1. The van der Waals surface area contributed by atoms with E-state index in [0.717, 1.165) is 17.9 Å². The van der Waals surface area contributed by atoms with Crippen molar-refractivity contribution in [3.05, 3.63) is 58.1 Å². The Bertz CT molecular complexity index is 1070. The van der Waals surface area contributed by atoms with E-state index in [4.69, 9.17) is 23.2 Å². The van der Waals surface area contributed by atoms with E-state index in [1.807, 2.05) is 32.0 Å². The second kappa shape index (κ2) is 9.76. The van der Waals surface area contributed by atoms with E-state index in [1.54, 1.807) is 6.07 Å². The van der Waals surface area contributed by atoms with Gasteiger partial charge in [-0.2, -0.15) is 0 Å². The predicted molar refractivity (Wildman–Crippen MR) is 117 cm³/mol. The number of sulfonamides is 1. The van der Waals surface area contributed by atoms with Crippen LogP contribution in [-0.4, -0.2) is 47.6 Å². The molecule has 1 N–H and O–H groups in total. The number of nitrogens with one attached hydrogen (secondary N) is 1. The molecule has 160 valence electrons. The third kappa shape index (κ3) is 5.93. The highest BCUT2D eigenvalue weighted by Gasteiger charge is 2.25. The molecule has 0 aliphatic carbocycles. The Labute approximate surface area is 182 Å². The van der Waals surface area contributed by atoms with Crippen LogP contribution in [0.2, 0.25) is 10.0 Å². The van der Waals surface area contributed by atoms with Crippen LogP contribution in [-0.2, 0) is 19.9 Å². The Morgan fingerprint density at radius 1 is 0.966 bits per heavy atom. The normalized spacial score (nSPS) is 13.6. The lowest BCUT2D eigenvalue weighted by Crippen LogP contribution is -2.38. The third-order valence-corrected chi connectivity index (χ3v) is 7.96. The molecule has 0 aromatic heterocycles. The van der Waals surface area contributed by atoms with Crippen molar-refractivity contribution in [2.24, 2.45) is 0 Å². The maximum atomic E-state index is 12.9. The molecule has 6 nitrogen and oxygen atoms in total. The van der Waals surface area contributed by atoms with Crippen LogP contribution in [0.25, 0.3) is 0 Å². The molecule has 0 heterocycles. The Hall–Kier alpha value is -1.16. The molecule has 0 fully saturated rings. The molecule has 29 heavy (non-hydrogen) atoms. The van der Waals surface area contributed by atoms with Gasteiger partial charge in [0.15, 0.2) is 9.84 Å². The van der Waals surface area contributed by atoms with Crippen molar-refractivity contribution in [3.63, 3.8) is 0 Å². The fourth-order valence-corrected chi connectivity index (χ4v) is 5.58. The van der Waals surface area contributed by atoms with Crippen molar-refractivity contribution in [1.29, 1.82) is 0 Å². The van der Waals surface area contributed by atoms with Gasteiger partial charge >= 0.3 is 0 Å². The average Bonchev–Trinajstić information content (AvgIpc) is 2.65. The minimum atomic E-state index is -4.06. The van der Waals surface area contributed by atoms with Crippen molar-refractivity contribution in [2.75, 3.05) is 25.9 Å². The standard InChI is InChI=1S/C19H24Cl2N2O4S2/c1-4-23(5-2)18(15-8-6-7-9-16(15)20)13-22-29(26,27)19-12-14(28(3,24)25)10-11-17(19)21/h6-12,18,22H,4-5,13H2,1-3H3. The molecule has 2 rings (SSSR count). The number of benzene rings is 2. The van der Waals surface area contributed by atoms with Crippen molar-refractivity contribution >= 4 is 43.1 Å². The van der Waals surface area contributed by atoms with Gasteiger partial charge in [-0.15, -0.1) is 0 Å². The number of halogens is 2. The van der Waals surface area contributed by atoms with Gasteiger partial charge in [0.1, 0.15) is 4.90 Å². The first kappa shape index (κ1) is 24.1. The van der Waals surface area contributed by atoms with Crippen LogP contribution in [0.5, 0.6) is 0 Å². The SMILES string of the molecule is CCN(CC)C(CNS(=O)(=O)c1cc(S(C)(=O)=O)ccc1Cl)c1ccccc1Cl. The summed E-state index contributed by atoms with van der Waals surface area (Å²) in [4.78, 5) is 1.69. The number of likely N-dealkylation sites (N-methyl/N-ethyl adjacent to an activating group) is 1. The smallest absolute Gasteiger partial charge is 0.242 e.